The van der Waals surface area contributed by atoms with Crippen LogP contribution in [0.5, 0.6) is 0 Å². The lowest BCUT2D eigenvalue weighted by atomic mass is 9.97. The summed E-state index contributed by atoms with van der Waals surface area (Å²) >= 11 is 0. The molecule has 0 radical (unpaired) electrons. The molecule has 0 spiro atoms. The van der Waals surface area contributed by atoms with E-state index < -0.39 is 24.7 Å². The van der Waals surface area contributed by atoms with E-state index in [1.165, 1.54) is 4.90 Å². The zero-order valence-corrected chi connectivity index (χ0v) is 14.1. The highest BCUT2D eigenvalue weighted by Crippen LogP contribution is 2.31. The Morgan fingerprint density at radius 1 is 1.29 bits per heavy atom. The lowest BCUT2D eigenvalue weighted by Crippen LogP contribution is -2.45. The Hall–Kier alpha value is -1.86. The van der Waals surface area contributed by atoms with Crippen LogP contribution in [0.2, 0.25) is 0 Å². The first kappa shape index (κ1) is 18.5. The van der Waals surface area contributed by atoms with Gasteiger partial charge in [-0.3, -0.25) is 4.79 Å². The summed E-state index contributed by atoms with van der Waals surface area (Å²) in [7, 11) is 0. The normalized spacial score (nSPS) is 19.4. The molecule has 0 saturated heterocycles. The fourth-order valence-corrected chi connectivity index (χ4v) is 3.18. The Morgan fingerprint density at radius 2 is 2.08 bits per heavy atom. The number of aromatic nitrogens is 2. The Morgan fingerprint density at radius 3 is 2.71 bits per heavy atom. The van der Waals surface area contributed by atoms with Crippen molar-refractivity contribution in [3.05, 3.63) is 30.1 Å². The minimum atomic E-state index is -1.08. The Kier molecular flexibility index (Phi) is 6.81. The van der Waals surface area contributed by atoms with Crippen molar-refractivity contribution in [2.75, 3.05) is 13.2 Å². The molecule has 1 aliphatic rings. The average Bonchev–Trinajstić information content (AvgIpc) is 3.17. The molecule has 0 bridgehead atoms. The highest BCUT2D eigenvalue weighted by molar-refractivity contribution is 5.95. The van der Waals surface area contributed by atoms with E-state index in [2.05, 4.69) is 11.9 Å². The number of amides is 1. The summed E-state index contributed by atoms with van der Waals surface area (Å²) in [5, 5.41) is 29.7. The SMILES string of the molecule is CCCCCC1=C(O)C(=O)N(CCCn2ccnc2)[C@@H]1C(O)CO. The maximum absolute atomic E-state index is 12.4. The van der Waals surface area contributed by atoms with Gasteiger partial charge in [-0.25, -0.2) is 4.98 Å². The number of unbranched alkanes of at least 4 members (excludes halogenated alkanes) is 2. The minimum absolute atomic E-state index is 0.258. The number of hydrogen-bond acceptors (Lipinski definition) is 5. The molecule has 1 aromatic heterocycles. The highest BCUT2D eigenvalue weighted by atomic mass is 16.3. The van der Waals surface area contributed by atoms with E-state index in [4.69, 9.17) is 0 Å². The van der Waals surface area contributed by atoms with Gasteiger partial charge < -0.3 is 24.8 Å². The first-order chi connectivity index (χ1) is 11.6. The first-order valence-corrected chi connectivity index (χ1v) is 8.57. The van der Waals surface area contributed by atoms with Crippen molar-refractivity contribution in [3.63, 3.8) is 0 Å². The molecule has 134 valence electrons. The zero-order chi connectivity index (χ0) is 17.5. The van der Waals surface area contributed by atoms with Crippen molar-refractivity contribution in [2.45, 2.75) is 57.7 Å². The smallest absolute Gasteiger partial charge is 0.289 e. The fraction of sp³-hybridized carbons (Fsp3) is 0.647. The minimum Gasteiger partial charge on any atom is -0.503 e. The topological polar surface area (TPSA) is 98.8 Å². The number of carbonyl (C=O) groups excluding carboxylic acids is 1. The number of imidazole rings is 1. The molecule has 7 heteroatoms. The molecule has 1 amide bonds. The summed E-state index contributed by atoms with van der Waals surface area (Å²) in [5.41, 5.74) is 0.553. The van der Waals surface area contributed by atoms with Crippen molar-refractivity contribution in [1.29, 1.82) is 0 Å². The third-order valence-electron chi connectivity index (χ3n) is 4.44. The van der Waals surface area contributed by atoms with Gasteiger partial charge in [-0.2, -0.15) is 0 Å². The van der Waals surface area contributed by atoms with Crippen LogP contribution >= 0.6 is 0 Å². The van der Waals surface area contributed by atoms with Crippen LogP contribution in [0.4, 0.5) is 0 Å². The standard InChI is InChI=1S/C17H27N3O4/c1-2-3-4-6-13-15(14(22)11-21)20(17(24)16(13)23)9-5-8-19-10-7-18-12-19/h7,10,12,14-15,21-23H,2-6,8-9,11H2,1H3/t14?,15-/m0/s1. The van der Waals surface area contributed by atoms with E-state index in [9.17, 15) is 20.1 Å². The van der Waals surface area contributed by atoms with E-state index in [1.54, 1.807) is 12.5 Å². The zero-order valence-electron chi connectivity index (χ0n) is 14.1. The molecule has 1 aliphatic heterocycles. The van der Waals surface area contributed by atoms with Crippen molar-refractivity contribution < 1.29 is 20.1 Å². The monoisotopic (exact) mass is 337 g/mol. The van der Waals surface area contributed by atoms with Crippen molar-refractivity contribution in [2.24, 2.45) is 0 Å². The van der Waals surface area contributed by atoms with Gasteiger partial charge in [0.2, 0.25) is 0 Å². The van der Waals surface area contributed by atoms with Gasteiger partial charge in [0.25, 0.3) is 5.91 Å². The van der Waals surface area contributed by atoms with Gasteiger partial charge in [0.15, 0.2) is 5.76 Å². The lowest BCUT2D eigenvalue weighted by molar-refractivity contribution is -0.131. The van der Waals surface area contributed by atoms with Crippen LogP contribution in [0.15, 0.2) is 30.1 Å². The quantitative estimate of drug-likeness (QED) is 0.558. The van der Waals surface area contributed by atoms with Crippen LogP contribution in [0.3, 0.4) is 0 Å². The summed E-state index contributed by atoms with van der Waals surface area (Å²) in [5.74, 6) is -0.712. The molecule has 0 aliphatic carbocycles. The fourth-order valence-electron chi connectivity index (χ4n) is 3.18. The molecule has 1 unspecified atom stereocenters. The molecular formula is C17H27N3O4. The molecule has 0 aromatic carbocycles. The second-order valence-corrected chi connectivity index (χ2v) is 6.18. The van der Waals surface area contributed by atoms with Crippen LogP contribution in [0.1, 0.15) is 39.0 Å². The summed E-state index contributed by atoms with van der Waals surface area (Å²) in [6, 6.07) is -0.637. The van der Waals surface area contributed by atoms with Gasteiger partial charge in [0.05, 0.1) is 19.0 Å². The molecule has 24 heavy (non-hydrogen) atoms. The van der Waals surface area contributed by atoms with E-state index in [0.717, 1.165) is 19.3 Å². The van der Waals surface area contributed by atoms with Gasteiger partial charge in [0.1, 0.15) is 6.10 Å². The van der Waals surface area contributed by atoms with Gasteiger partial charge in [-0.15, -0.1) is 0 Å². The van der Waals surface area contributed by atoms with Crippen molar-refractivity contribution >= 4 is 5.91 Å². The van der Waals surface area contributed by atoms with Gasteiger partial charge >= 0.3 is 0 Å². The second kappa shape index (κ2) is 8.84. The largest absolute Gasteiger partial charge is 0.503 e. The average molecular weight is 337 g/mol. The second-order valence-electron chi connectivity index (χ2n) is 6.18. The van der Waals surface area contributed by atoms with E-state index >= 15 is 0 Å². The Bertz CT molecular complexity index is 556. The molecule has 2 rings (SSSR count). The number of aryl methyl sites for hydroxylation is 1. The molecule has 7 nitrogen and oxygen atoms in total. The number of nitrogens with zero attached hydrogens (tertiary/aromatic N) is 3. The third-order valence-corrected chi connectivity index (χ3v) is 4.44. The molecule has 3 N–H and O–H groups in total. The van der Waals surface area contributed by atoms with Crippen LogP contribution in [-0.4, -0.2) is 61.0 Å². The summed E-state index contributed by atoms with van der Waals surface area (Å²) in [4.78, 5) is 17.8. The van der Waals surface area contributed by atoms with Gasteiger partial charge in [-0.1, -0.05) is 19.8 Å². The predicted octanol–water partition coefficient (Wildman–Crippen LogP) is 1.23. The van der Waals surface area contributed by atoms with Crippen LogP contribution in [-0.2, 0) is 11.3 Å². The molecule has 0 saturated carbocycles. The van der Waals surface area contributed by atoms with Gasteiger partial charge in [-0.05, 0) is 19.3 Å². The molecule has 0 fully saturated rings. The summed E-state index contributed by atoms with van der Waals surface area (Å²) in [6.45, 7) is 2.73. The van der Waals surface area contributed by atoms with Crippen LogP contribution in [0, 0.1) is 0 Å². The summed E-state index contributed by atoms with van der Waals surface area (Å²) < 4.78 is 1.91. The highest BCUT2D eigenvalue weighted by Gasteiger charge is 2.42. The third kappa shape index (κ3) is 4.15. The predicted molar refractivity (Wildman–Crippen MR) is 89.2 cm³/mol. The lowest BCUT2D eigenvalue weighted by Gasteiger charge is -2.30. The molecule has 2 atom stereocenters. The van der Waals surface area contributed by atoms with E-state index in [-0.39, 0.29) is 5.76 Å². The maximum Gasteiger partial charge on any atom is 0.289 e. The number of aliphatic hydroxyl groups excluding tert-OH is 3. The number of aliphatic hydroxyl groups is 3. The van der Waals surface area contributed by atoms with Crippen LogP contribution < -0.4 is 0 Å². The number of hydrogen-bond donors (Lipinski definition) is 3. The van der Waals surface area contributed by atoms with Gasteiger partial charge in [0, 0.05) is 31.1 Å². The van der Waals surface area contributed by atoms with E-state index in [1.807, 2.05) is 10.8 Å². The maximum atomic E-state index is 12.4. The Balaban J connectivity index is 2.04. The van der Waals surface area contributed by atoms with Crippen molar-refractivity contribution in [3.8, 4) is 0 Å². The van der Waals surface area contributed by atoms with Crippen LogP contribution in [0.25, 0.3) is 0 Å². The molecule has 2 heterocycles. The Labute approximate surface area is 142 Å². The molecule has 1 aromatic rings. The number of rotatable bonds is 10. The first-order valence-electron chi connectivity index (χ1n) is 8.57. The molecular weight excluding hydrogens is 310 g/mol. The number of carbonyl (C=O) groups is 1. The van der Waals surface area contributed by atoms with Crippen molar-refractivity contribution in [1.82, 2.24) is 14.5 Å². The van der Waals surface area contributed by atoms with E-state index in [0.29, 0.717) is 31.5 Å². The summed E-state index contributed by atoms with van der Waals surface area (Å²) in [6.07, 6.45) is 8.27.